The number of hydrogen-bond acceptors (Lipinski definition) is 4. The normalized spacial score (nSPS) is 11.0. The molecule has 1 aromatic heterocycles. The molecule has 3 aromatic rings. The third-order valence-corrected chi connectivity index (χ3v) is 3.87. The standard InChI is InChI=1S/C18H20ClN3O2/c1-3-24-18-12(8-13(19)9-16(18)23-2)10-20-11-17-21-14-6-4-5-7-15(14)22-17/h4-9,20H,3,10-11H2,1-2H3,(H,21,22). The molecular weight excluding hydrogens is 326 g/mol. The van der Waals surface area contributed by atoms with Gasteiger partial charge in [0.2, 0.25) is 0 Å². The van der Waals surface area contributed by atoms with Gasteiger partial charge in [0.05, 0.1) is 31.3 Å². The number of aromatic amines is 1. The maximum atomic E-state index is 6.17. The molecule has 0 aliphatic carbocycles. The van der Waals surface area contributed by atoms with Crippen LogP contribution in [-0.4, -0.2) is 23.7 Å². The molecule has 3 rings (SSSR count). The highest BCUT2D eigenvalue weighted by molar-refractivity contribution is 6.30. The Kier molecular flexibility index (Phi) is 5.23. The zero-order valence-electron chi connectivity index (χ0n) is 13.7. The molecule has 5 nitrogen and oxygen atoms in total. The minimum Gasteiger partial charge on any atom is -0.493 e. The van der Waals surface area contributed by atoms with Crippen molar-refractivity contribution in [3.8, 4) is 11.5 Å². The molecule has 0 radical (unpaired) electrons. The average Bonchev–Trinajstić information content (AvgIpc) is 2.99. The molecule has 0 amide bonds. The Bertz CT molecular complexity index is 799. The van der Waals surface area contributed by atoms with Gasteiger partial charge < -0.3 is 19.8 Å². The van der Waals surface area contributed by atoms with Crippen molar-refractivity contribution in [1.82, 2.24) is 15.3 Å². The number of halogens is 1. The van der Waals surface area contributed by atoms with Gasteiger partial charge in [-0.25, -0.2) is 4.98 Å². The third kappa shape index (κ3) is 3.63. The number of hydrogen-bond donors (Lipinski definition) is 2. The third-order valence-electron chi connectivity index (χ3n) is 3.65. The van der Waals surface area contributed by atoms with Gasteiger partial charge in [-0.15, -0.1) is 0 Å². The van der Waals surface area contributed by atoms with Crippen LogP contribution in [0.5, 0.6) is 11.5 Å². The molecule has 0 bridgehead atoms. The minimum absolute atomic E-state index is 0.564. The van der Waals surface area contributed by atoms with E-state index in [4.69, 9.17) is 21.1 Å². The summed E-state index contributed by atoms with van der Waals surface area (Å²) in [5.74, 6) is 2.26. The van der Waals surface area contributed by atoms with Gasteiger partial charge in [-0.2, -0.15) is 0 Å². The lowest BCUT2D eigenvalue weighted by atomic mass is 10.2. The van der Waals surface area contributed by atoms with Crippen LogP contribution < -0.4 is 14.8 Å². The summed E-state index contributed by atoms with van der Waals surface area (Å²) in [6.07, 6.45) is 0. The molecule has 126 valence electrons. The number of nitrogens with zero attached hydrogens (tertiary/aromatic N) is 1. The summed E-state index contributed by atoms with van der Waals surface area (Å²) < 4.78 is 11.1. The Labute approximate surface area is 146 Å². The lowest BCUT2D eigenvalue weighted by molar-refractivity contribution is 0.306. The second-order valence-corrected chi connectivity index (χ2v) is 5.77. The summed E-state index contributed by atoms with van der Waals surface area (Å²) in [6.45, 7) is 3.73. The number of H-pyrrole nitrogens is 1. The van der Waals surface area contributed by atoms with Crippen molar-refractivity contribution in [1.29, 1.82) is 0 Å². The Balaban J connectivity index is 1.72. The fraction of sp³-hybridized carbons (Fsp3) is 0.278. The molecule has 0 aliphatic heterocycles. The molecule has 0 fully saturated rings. The average molecular weight is 346 g/mol. The van der Waals surface area contributed by atoms with Crippen molar-refractivity contribution in [2.45, 2.75) is 20.0 Å². The van der Waals surface area contributed by atoms with E-state index in [0.717, 1.165) is 28.2 Å². The summed E-state index contributed by atoms with van der Waals surface area (Å²) in [6, 6.07) is 11.6. The zero-order chi connectivity index (χ0) is 16.9. The lowest BCUT2D eigenvalue weighted by Crippen LogP contribution is -2.15. The molecule has 0 spiro atoms. The number of methoxy groups -OCH3 is 1. The van der Waals surface area contributed by atoms with E-state index in [0.29, 0.717) is 30.5 Å². The first-order chi connectivity index (χ1) is 11.7. The minimum atomic E-state index is 0.564. The maximum absolute atomic E-state index is 6.17. The van der Waals surface area contributed by atoms with Crippen molar-refractivity contribution in [3.05, 3.63) is 52.8 Å². The van der Waals surface area contributed by atoms with E-state index in [1.165, 1.54) is 0 Å². The predicted molar refractivity (Wildman–Crippen MR) is 95.8 cm³/mol. The summed E-state index contributed by atoms with van der Waals surface area (Å²) in [4.78, 5) is 7.85. The zero-order valence-corrected chi connectivity index (χ0v) is 14.5. The summed E-state index contributed by atoms with van der Waals surface area (Å²) in [5.41, 5.74) is 2.96. The van der Waals surface area contributed by atoms with Gasteiger partial charge in [-0.3, -0.25) is 0 Å². The van der Waals surface area contributed by atoms with Crippen LogP contribution in [0.3, 0.4) is 0 Å². The number of para-hydroxylation sites is 2. The molecular formula is C18H20ClN3O2. The van der Waals surface area contributed by atoms with Gasteiger partial charge in [0.25, 0.3) is 0 Å². The fourth-order valence-electron chi connectivity index (χ4n) is 2.62. The van der Waals surface area contributed by atoms with Crippen LogP contribution in [0.25, 0.3) is 11.0 Å². The monoisotopic (exact) mass is 345 g/mol. The van der Waals surface area contributed by atoms with E-state index < -0.39 is 0 Å². The molecule has 0 aliphatic rings. The quantitative estimate of drug-likeness (QED) is 0.681. The van der Waals surface area contributed by atoms with E-state index >= 15 is 0 Å². The Morgan fingerprint density at radius 2 is 2.04 bits per heavy atom. The molecule has 2 N–H and O–H groups in total. The summed E-state index contributed by atoms with van der Waals surface area (Å²) in [5, 5.41) is 3.99. The SMILES string of the molecule is CCOc1c(CNCc2nc3ccccc3[nH]2)cc(Cl)cc1OC. The first kappa shape index (κ1) is 16.6. The van der Waals surface area contributed by atoms with Gasteiger partial charge in [-0.05, 0) is 25.1 Å². The summed E-state index contributed by atoms with van der Waals surface area (Å²) >= 11 is 6.17. The van der Waals surface area contributed by atoms with Crippen LogP contribution in [0.1, 0.15) is 18.3 Å². The molecule has 0 saturated carbocycles. The van der Waals surface area contributed by atoms with Crippen molar-refractivity contribution in [2.75, 3.05) is 13.7 Å². The largest absolute Gasteiger partial charge is 0.493 e. The van der Waals surface area contributed by atoms with Crippen LogP contribution in [0.2, 0.25) is 5.02 Å². The molecule has 0 unspecified atom stereocenters. The second kappa shape index (κ2) is 7.55. The van der Waals surface area contributed by atoms with E-state index in [-0.39, 0.29) is 0 Å². The number of fused-ring (bicyclic) bond motifs is 1. The highest BCUT2D eigenvalue weighted by Crippen LogP contribution is 2.34. The van der Waals surface area contributed by atoms with E-state index in [2.05, 4.69) is 15.3 Å². The Morgan fingerprint density at radius 1 is 1.21 bits per heavy atom. The van der Waals surface area contributed by atoms with Crippen LogP contribution >= 0.6 is 11.6 Å². The van der Waals surface area contributed by atoms with Crippen molar-refractivity contribution in [3.63, 3.8) is 0 Å². The molecule has 6 heteroatoms. The summed E-state index contributed by atoms with van der Waals surface area (Å²) in [7, 11) is 1.61. The van der Waals surface area contributed by atoms with Gasteiger partial charge in [0.1, 0.15) is 5.82 Å². The number of imidazole rings is 1. The topological polar surface area (TPSA) is 59.2 Å². The molecule has 0 atom stereocenters. The number of ether oxygens (including phenoxy) is 2. The predicted octanol–water partition coefficient (Wildman–Crippen LogP) is 3.91. The van der Waals surface area contributed by atoms with Crippen molar-refractivity contribution < 1.29 is 9.47 Å². The smallest absolute Gasteiger partial charge is 0.165 e. The second-order valence-electron chi connectivity index (χ2n) is 5.33. The fourth-order valence-corrected chi connectivity index (χ4v) is 2.85. The van der Waals surface area contributed by atoms with Gasteiger partial charge in [0, 0.05) is 23.2 Å². The number of aromatic nitrogens is 2. The molecule has 0 saturated heterocycles. The van der Waals surface area contributed by atoms with Crippen LogP contribution in [-0.2, 0) is 13.1 Å². The number of benzene rings is 2. The van der Waals surface area contributed by atoms with Gasteiger partial charge in [-0.1, -0.05) is 23.7 Å². The van der Waals surface area contributed by atoms with Gasteiger partial charge in [0.15, 0.2) is 11.5 Å². The van der Waals surface area contributed by atoms with E-state index in [1.54, 1.807) is 13.2 Å². The molecule has 24 heavy (non-hydrogen) atoms. The van der Waals surface area contributed by atoms with Crippen LogP contribution in [0.15, 0.2) is 36.4 Å². The van der Waals surface area contributed by atoms with E-state index in [1.807, 2.05) is 37.3 Å². The first-order valence-corrected chi connectivity index (χ1v) is 8.22. The van der Waals surface area contributed by atoms with Crippen LogP contribution in [0, 0.1) is 0 Å². The van der Waals surface area contributed by atoms with E-state index in [9.17, 15) is 0 Å². The first-order valence-electron chi connectivity index (χ1n) is 7.84. The molecule has 1 heterocycles. The van der Waals surface area contributed by atoms with Crippen molar-refractivity contribution >= 4 is 22.6 Å². The highest BCUT2D eigenvalue weighted by Gasteiger charge is 2.12. The van der Waals surface area contributed by atoms with Gasteiger partial charge >= 0.3 is 0 Å². The number of nitrogens with one attached hydrogen (secondary N) is 2. The number of rotatable bonds is 7. The maximum Gasteiger partial charge on any atom is 0.165 e. The van der Waals surface area contributed by atoms with Crippen LogP contribution in [0.4, 0.5) is 0 Å². The Hall–Kier alpha value is -2.24. The highest BCUT2D eigenvalue weighted by atomic mass is 35.5. The Morgan fingerprint density at radius 3 is 2.79 bits per heavy atom. The molecule has 2 aromatic carbocycles. The van der Waals surface area contributed by atoms with Crippen molar-refractivity contribution in [2.24, 2.45) is 0 Å². The lowest BCUT2D eigenvalue weighted by Gasteiger charge is -2.15.